The lowest BCUT2D eigenvalue weighted by Gasteiger charge is -2.12. The Bertz CT molecular complexity index is 770. The molecule has 1 aliphatic carbocycles. The molecule has 1 fully saturated rings. The van der Waals surface area contributed by atoms with Gasteiger partial charge in [-0.15, -0.1) is 0 Å². The van der Waals surface area contributed by atoms with Gasteiger partial charge in [0, 0.05) is 35.9 Å². The lowest BCUT2D eigenvalue weighted by atomic mass is 9.96. The highest BCUT2D eigenvalue weighted by Gasteiger charge is 2.20. The lowest BCUT2D eigenvalue weighted by Crippen LogP contribution is -2.15. The lowest BCUT2D eigenvalue weighted by molar-refractivity contribution is 0.689. The molecule has 2 nitrogen and oxygen atoms in total. The van der Waals surface area contributed by atoms with Gasteiger partial charge in [0.1, 0.15) is 0 Å². The van der Waals surface area contributed by atoms with Crippen LogP contribution in [0.4, 0.5) is 0 Å². The van der Waals surface area contributed by atoms with Crippen LogP contribution in [-0.4, -0.2) is 11.0 Å². The van der Waals surface area contributed by atoms with Crippen LogP contribution in [0.5, 0.6) is 0 Å². The Morgan fingerprint density at radius 1 is 0.905 bits per heavy atom. The molecule has 4 rings (SSSR count). The fourth-order valence-electron chi connectivity index (χ4n) is 2.81. The molecule has 104 valence electrons. The van der Waals surface area contributed by atoms with Crippen molar-refractivity contribution in [3.05, 3.63) is 66.5 Å². The standard InChI is InChI=1S/C19H18N2/c1-3-7-17-14(5-1)11-20-13-19(17)18-8-4-2-6-15(18)12-21-16-9-10-16/h1-8,11,13,16,21H,9-10,12H2. The van der Waals surface area contributed by atoms with E-state index in [1.54, 1.807) is 0 Å². The Kier molecular flexibility index (Phi) is 3.17. The minimum absolute atomic E-state index is 0.726. The summed E-state index contributed by atoms with van der Waals surface area (Å²) < 4.78 is 0. The van der Waals surface area contributed by atoms with Crippen LogP contribution in [-0.2, 0) is 6.54 Å². The first-order chi connectivity index (χ1) is 10.4. The smallest absolute Gasteiger partial charge is 0.0352 e. The third-order valence-corrected chi connectivity index (χ3v) is 4.13. The maximum absolute atomic E-state index is 4.42. The van der Waals surface area contributed by atoms with Crippen molar-refractivity contribution >= 4 is 10.8 Å². The van der Waals surface area contributed by atoms with Crippen molar-refractivity contribution in [2.45, 2.75) is 25.4 Å². The molecule has 2 aromatic carbocycles. The number of hydrogen-bond donors (Lipinski definition) is 1. The summed E-state index contributed by atoms with van der Waals surface area (Å²) in [5.41, 5.74) is 3.86. The largest absolute Gasteiger partial charge is 0.310 e. The average molecular weight is 274 g/mol. The molecule has 1 N–H and O–H groups in total. The zero-order chi connectivity index (χ0) is 14.1. The van der Waals surface area contributed by atoms with E-state index in [1.165, 1.54) is 40.3 Å². The van der Waals surface area contributed by atoms with E-state index in [9.17, 15) is 0 Å². The molecular weight excluding hydrogens is 256 g/mol. The molecule has 1 heterocycles. The van der Waals surface area contributed by atoms with Crippen molar-refractivity contribution in [1.82, 2.24) is 10.3 Å². The Morgan fingerprint density at radius 2 is 1.71 bits per heavy atom. The van der Waals surface area contributed by atoms with Crippen molar-refractivity contribution in [3.8, 4) is 11.1 Å². The van der Waals surface area contributed by atoms with Crippen LogP contribution < -0.4 is 5.32 Å². The summed E-state index contributed by atoms with van der Waals surface area (Å²) in [4.78, 5) is 4.42. The topological polar surface area (TPSA) is 24.9 Å². The molecule has 0 atom stereocenters. The van der Waals surface area contributed by atoms with Crippen LogP contribution >= 0.6 is 0 Å². The minimum Gasteiger partial charge on any atom is -0.310 e. The van der Waals surface area contributed by atoms with E-state index in [4.69, 9.17) is 0 Å². The molecular formula is C19H18N2. The van der Waals surface area contributed by atoms with Gasteiger partial charge in [0.25, 0.3) is 0 Å². The van der Waals surface area contributed by atoms with E-state index < -0.39 is 0 Å². The highest BCUT2D eigenvalue weighted by atomic mass is 14.9. The fraction of sp³-hybridized carbons (Fsp3) is 0.211. The van der Waals surface area contributed by atoms with Gasteiger partial charge in [0.2, 0.25) is 0 Å². The summed E-state index contributed by atoms with van der Waals surface area (Å²) in [6.45, 7) is 0.935. The fourth-order valence-corrected chi connectivity index (χ4v) is 2.81. The van der Waals surface area contributed by atoms with Crippen molar-refractivity contribution < 1.29 is 0 Å². The van der Waals surface area contributed by atoms with E-state index in [1.807, 2.05) is 12.4 Å². The zero-order valence-electron chi connectivity index (χ0n) is 11.9. The molecule has 0 bridgehead atoms. The van der Waals surface area contributed by atoms with Crippen LogP contribution in [0.25, 0.3) is 21.9 Å². The number of pyridine rings is 1. The third kappa shape index (κ3) is 2.55. The molecule has 3 aromatic rings. The van der Waals surface area contributed by atoms with Gasteiger partial charge >= 0.3 is 0 Å². The second-order valence-electron chi connectivity index (χ2n) is 5.72. The predicted molar refractivity (Wildman–Crippen MR) is 87.0 cm³/mol. The summed E-state index contributed by atoms with van der Waals surface area (Å²) in [5.74, 6) is 0. The normalized spacial score (nSPS) is 14.5. The summed E-state index contributed by atoms with van der Waals surface area (Å²) in [7, 11) is 0. The molecule has 1 aliphatic rings. The first-order valence-corrected chi connectivity index (χ1v) is 7.56. The average Bonchev–Trinajstić information content (AvgIpc) is 3.37. The van der Waals surface area contributed by atoms with Crippen molar-refractivity contribution in [2.75, 3.05) is 0 Å². The number of nitrogens with zero attached hydrogens (tertiary/aromatic N) is 1. The maximum Gasteiger partial charge on any atom is 0.0352 e. The molecule has 21 heavy (non-hydrogen) atoms. The molecule has 2 heteroatoms. The molecule has 0 spiro atoms. The Morgan fingerprint density at radius 3 is 2.62 bits per heavy atom. The van der Waals surface area contributed by atoms with Gasteiger partial charge in [-0.3, -0.25) is 4.98 Å². The number of benzene rings is 2. The van der Waals surface area contributed by atoms with E-state index in [2.05, 4.69) is 58.8 Å². The van der Waals surface area contributed by atoms with Crippen LogP contribution in [0.3, 0.4) is 0 Å². The number of nitrogens with one attached hydrogen (secondary N) is 1. The van der Waals surface area contributed by atoms with Crippen LogP contribution in [0.15, 0.2) is 60.9 Å². The van der Waals surface area contributed by atoms with Gasteiger partial charge in [0.15, 0.2) is 0 Å². The van der Waals surface area contributed by atoms with Gasteiger partial charge in [-0.1, -0.05) is 48.5 Å². The summed E-state index contributed by atoms with van der Waals surface area (Å²) in [6.07, 6.45) is 6.55. The number of aromatic nitrogens is 1. The molecule has 1 aromatic heterocycles. The second kappa shape index (κ2) is 5.30. The van der Waals surface area contributed by atoms with Crippen molar-refractivity contribution in [3.63, 3.8) is 0 Å². The summed E-state index contributed by atoms with van der Waals surface area (Å²) in [6, 6.07) is 17.8. The van der Waals surface area contributed by atoms with Gasteiger partial charge in [0.05, 0.1) is 0 Å². The highest BCUT2D eigenvalue weighted by molar-refractivity contribution is 5.96. The summed E-state index contributed by atoms with van der Waals surface area (Å²) in [5, 5.41) is 6.07. The zero-order valence-corrected chi connectivity index (χ0v) is 11.9. The number of fused-ring (bicyclic) bond motifs is 1. The van der Waals surface area contributed by atoms with Crippen LogP contribution in [0, 0.1) is 0 Å². The molecule has 0 saturated heterocycles. The van der Waals surface area contributed by atoms with E-state index >= 15 is 0 Å². The van der Waals surface area contributed by atoms with Gasteiger partial charge < -0.3 is 5.32 Å². The van der Waals surface area contributed by atoms with Crippen molar-refractivity contribution in [2.24, 2.45) is 0 Å². The molecule has 0 unspecified atom stereocenters. The van der Waals surface area contributed by atoms with E-state index in [0.717, 1.165) is 12.6 Å². The van der Waals surface area contributed by atoms with Gasteiger partial charge in [-0.05, 0) is 29.4 Å². The Balaban J connectivity index is 1.80. The molecule has 0 amide bonds. The highest BCUT2D eigenvalue weighted by Crippen LogP contribution is 2.30. The minimum atomic E-state index is 0.726. The van der Waals surface area contributed by atoms with Crippen molar-refractivity contribution in [1.29, 1.82) is 0 Å². The van der Waals surface area contributed by atoms with Crippen LogP contribution in [0.1, 0.15) is 18.4 Å². The maximum atomic E-state index is 4.42. The molecule has 0 radical (unpaired) electrons. The SMILES string of the molecule is c1ccc(-c2cncc3ccccc23)c(CNC2CC2)c1. The quantitative estimate of drug-likeness (QED) is 0.773. The monoisotopic (exact) mass is 274 g/mol. The van der Waals surface area contributed by atoms with Gasteiger partial charge in [-0.25, -0.2) is 0 Å². The number of hydrogen-bond acceptors (Lipinski definition) is 2. The Hall–Kier alpha value is -2.19. The molecule has 0 aliphatic heterocycles. The molecule has 1 saturated carbocycles. The first-order valence-electron chi connectivity index (χ1n) is 7.56. The first kappa shape index (κ1) is 12.5. The second-order valence-corrected chi connectivity index (χ2v) is 5.72. The van der Waals surface area contributed by atoms with Crippen LogP contribution in [0.2, 0.25) is 0 Å². The predicted octanol–water partition coefficient (Wildman–Crippen LogP) is 4.15. The van der Waals surface area contributed by atoms with E-state index in [0.29, 0.717) is 0 Å². The summed E-state index contributed by atoms with van der Waals surface area (Å²) >= 11 is 0. The third-order valence-electron chi connectivity index (χ3n) is 4.13. The van der Waals surface area contributed by atoms with Gasteiger partial charge in [-0.2, -0.15) is 0 Å². The Labute approximate surface area is 124 Å². The number of rotatable bonds is 4. The van der Waals surface area contributed by atoms with E-state index in [-0.39, 0.29) is 0 Å².